The fourth-order valence-corrected chi connectivity index (χ4v) is 5.66. The minimum absolute atomic E-state index is 0.0357. The van der Waals surface area contributed by atoms with Gasteiger partial charge in [0.25, 0.3) is 0 Å². The van der Waals surface area contributed by atoms with E-state index in [1.807, 2.05) is 91.9 Å². The Morgan fingerprint density at radius 3 is 2.28 bits per heavy atom. The number of rotatable bonds is 10. The van der Waals surface area contributed by atoms with Crippen LogP contribution in [0.3, 0.4) is 0 Å². The number of carboxylic acids is 1. The number of para-hydroxylation sites is 1. The molecule has 0 amide bonds. The van der Waals surface area contributed by atoms with Crippen LogP contribution in [0.2, 0.25) is 0 Å². The van der Waals surface area contributed by atoms with Crippen molar-refractivity contribution >= 4 is 12.0 Å². The number of benzene rings is 4. The first-order valence-corrected chi connectivity index (χ1v) is 14.6. The molecule has 6 rings (SSSR count). The number of hydrogen-bond donors (Lipinski definition) is 1. The van der Waals surface area contributed by atoms with E-state index in [9.17, 15) is 9.90 Å². The Morgan fingerprint density at radius 2 is 1.58 bits per heavy atom. The molecule has 0 saturated carbocycles. The number of carbonyl (C=O) groups is 1. The van der Waals surface area contributed by atoms with Crippen LogP contribution in [0.25, 0.3) is 17.5 Å². The number of carboxylic acid groups (broad SMARTS) is 1. The van der Waals surface area contributed by atoms with Crippen molar-refractivity contribution in [2.45, 2.75) is 44.8 Å². The largest absolute Gasteiger partial charge is 0.480 e. The summed E-state index contributed by atoms with van der Waals surface area (Å²) >= 11 is 0. The van der Waals surface area contributed by atoms with Crippen molar-refractivity contribution in [2.24, 2.45) is 0 Å². The molecule has 1 aliphatic heterocycles. The van der Waals surface area contributed by atoms with Crippen molar-refractivity contribution in [3.63, 3.8) is 0 Å². The first kappa shape index (κ1) is 28.2. The van der Waals surface area contributed by atoms with Crippen molar-refractivity contribution < 1.29 is 19.1 Å². The smallest absolute Gasteiger partial charge is 0.320 e. The molecule has 1 aliphatic rings. The van der Waals surface area contributed by atoms with Gasteiger partial charge < -0.3 is 14.3 Å². The topological polar surface area (TPSA) is 75.8 Å². The molecular weight excluding hydrogens is 536 g/mol. The van der Waals surface area contributed by atoms with Gasteiger partial charge in [-0.1, -0.05) is 84.9 Å². The van der Waals surface area contributed by atoms with Crippen LogP contribution in [0.1, 0.15) is 47.0 Å². The van der Waals surface area contributed by atoms with Crippen molar-refractivity contribution in [1.29, 1.82) is 0 Å². The Bertz CT molecular complexity index is 1680. The molecule has 6 nitrogen and oxygen atoms in total. The summed E-state index contributed by atoms with van der Waals surface area (Å²) < 4.78 is 11.8. The van der Waals surface area contributed by atoms with E-state index in [1.54, 1.807) is 0 Å². The number of likely N-dealkylation sites (tertiary alicyclic amines) is 1. The van der Waals surface area contributed by atoms with E-state index in [0.717, 1.165) is 51.6 Å². The zero-order valence-corrected chi connectivity index (χ0v) is 24.1. The second kappa shape index (κ2) is 12.9. The number of aliphatic carboxylic acids is 1. The molecule has 1 aromatic heterocycles. The zero-order valence-electron chi connectivity index (χ0n) is 24.1. The predicted octanol–water partition coefficient (Wildman–Crippen LogP) is 8.49. The van der Waals surface area contributed by atoms with Crippen LogP contribution < -0.4 is 4.74 Å². The average Bonchev–Trinajstić information content (AvgIpc) is 3.63. The van der Waals surface area contributed by atoms with Gasteiger partial charge in [0.1, 0.15) is 23.3 Å². The molecule has 0 radical (unpaired) electrons. The van der Waals surface area contributed by atoms with E-state index >= 15 is 0 Å². The molecule has 6 heteroatoms. The van der Waals surface area contributed by atoms with E-state index in [1.165, 1.54) is 0 Å². The molecular formula is C37H34N2O4. The molecule has 216 valence electrons. The highest BCUT2D eigenvalue weighted by molar-refractivity contribution is 5.74. The SMILES string of the molecule is Cc1oc(-c2ccccc2)nc1C/C=C/c1ccc([C@H]2CC[C@H](C(=O)O)N2Cc2ccc(Oc3ccccc3)cc2)cc1. The van der Waals surface area contributed by atoms with Crippen LogP contribution >= 0.6 is 0 Å². The van der Waals surface area contributed by atoms with Gasteiger partial charge in [0, 0.05) is 24.6 Å². The molecule has 1 N–H and O–H groups in total. The quantitative estimate of drug-likeness (QED) is 0.181. The summed E-state index contributed by atoms with van der Waals surface area (Å²) in [4.78, 5) is 18.9. The Labute approximate surface area is 251 Å². The van der Waals surface area contributed by atoms with Crippen molar-refractivity contribution in [2.75, 3.05) is 0 Å². The van der Waals surface area contributed by atoms with Gasteiger partial charge >= 0.3 is 5.97 Å². The fourth-order valence-electron chi connectivity index (χ4n) is 5.66. The second-order valence-electron chi connectivity index (χ2n) is 10.8. The number of aryl methyl sites for hydroxylation is 1. The van der Waals surface area contributed by atoms with Gasteiger partial charge in [-0.2, -0.15) is 0 Å². The first-order valence-electron chi connectivity index (χ1n) is 14.6. The van der Waals surface area contributed by atoms with E-state index in [4.69, 9.17) is 9.15 Å². The molecule has 0 unspecified atom stereocenters. The van der Waals surface area contributed by atoms with Gasteiger partial charge in [-0.25, -0.2) is 4.98 Å². The molecule has 0 bridgehead atoms. The zero-order chi connectivity index (χ0) is 29.6. The van der Waals surface area contributed by atoms with Gasteiger partial charge in [-0.15, -0.1) is 0 Å². The molecule has 2 heterocycles. The van der Waals surface area contributed by atoms with E-state index < -0.39 is 12.0 Å². The Morgan fingerprint density at radius 1 is 0.907 bits per heavy atom. The fraction of sp³-hybridized carbons (Fsp3) is 0.189. The van der Waals surface area contributed by atoms with Crippen LogP contribution in [-0.4, -0.2) is 27.0 Å². The Balaban J connectivity index is 1.11. The lowest BCUT2D eigenvalue weighted by Gasteiger charge is -2.28. The van der Waals surface area contributed by atoms with Crippen molar-refractivity contribution in [3.8, 4) is 23.0 Å². The highest BCUT2D eigenvalue weighted by Crippen LogP contribution is 2.38. The third-order valence-corrected chi connectivity index (χ3v) is 7.92. The first-order chi connectivity index (χ1) is 21.0. The van der Waals surface area contributed by atoms with E-state index in [0.29, 0.717) is 25.3 Å². The lowest BCUT2D eigenvalue weighted by molar-refractivity contribution is -0.142. The number of aromatic nitrogens is 1. The molecule has 2 atom stereocenters. The molecule has 0 spiro atoms. The summed E-state index contributed by atoms with van der Waals surface area (Å²) in [5.74, 6) is 2.23. The van der Waals surface area contributed by atoms with Gasteiger partial charge in [0.2, 0.25) is 5.89 Å². The summed E-state index contributed by atoms with van der Waals surface area (Å²) in [6.07, 6.45) is 6.29. The standard InChI is InChI=1S/C37H34N2O4/c1-26-33(38-36(42-26)30-10-4-2-5-11-30)14-8-9-27-15-19-29(20-16-27)34-23-24-35(37(40)41)39(34)25-28-17-21-32(22-18-28)43-31-12-6-3-7-13-31/h2-13,15-22,34-35H,14,23-25H2,1H3,(H,40,41)/b9-8+/t34-,35-/m1/s1. The summed E-state index contributed by atoms with van der Waals surface area (Å²) in [7, 11) is 0. The molecule has 0 aliphatic carbocycles. The van der Waals surface area contributed by atoms with Gasteiger partial charge in [0.05, 0.1) is 5.69 Å². The maximum absolute atomic E-state index is 12.1. The molecule has 1 saturated heterocycles. The number of oxazole rings is 1. The summed E-state index contributed by atoms with van der Waals surface area (Å²) in [5.41, 5.74) is 5.16. The van der Waals surface area contributed by atoms with Gasteiger partial charge in [-0.05, 0) is 72.9 Å². The highest BCUT2D eigenvalue weighted by atomic mass is 16.5. The minimum atomic E-state index is -0.773. The van der Waals surface area contributed by atoms with Gasteiger partial charge in [-0.3, -0.25) is 9.69 Å². The molecule has 1 fully saturated rings. The maximum Gasteiger partial charge on any atom is 0.320 e. The summed E-state index contributed by atoms with van der Waals surface area (Å²) in [6, 6.07) is 35.4. The average molecular weight is 571 g/mol. The van der Waals surface area contributed by atoms with E-state index in [2.05, 4.69) is 46.3 Å². The third-order valence-electron chi connectivity index (χ3n) is 7.92. The van der Waals surface area contributed by atoms with Gasteiger partial charge in [0.15, 0.2) is 0 Å². The number of ether oxygens (including phenoxy) is 1. The van der Waals surface area contributed by atoms with Crippen LogP contribution in [0.5, 0.6) is 11.5 Å². The van der Waals surface area contributed by atoms with Crippen LogP contribution in [-0.2, 0) is 17.8 Å². The number of nitrogens with zero attached hydrogens (tertiary/aromatic N) is 2. The normalized spacial score (nSPS) is 17.0. The Kier molecular flexibility index (Phi) is 8.47. The predicted molar refractivity (Wildman–Crippen MR) is 168 cm³/mol. The number of hydrogen-bond acceptors (Lipinski definition) is 5. The maximum atomic E-state index is 12.1. The van der Waals surface area contributed by atoms with Crippen LogP contribution in [0.15, 0.2) is 120 Å². The minimum Gasteiger partial charge on any atom is -0.480 e. The lowest BCUT2D eigenvalue weighted by Crippen LogP contribution is -2.36. The molecule has 43 heavy (non-hydrogen) atoms. The summed E-state index contributed by atoms with van der Waals surface area (Å²) in [6.45, 7) is 2.50. The monoisotopic (exact) mass is 570 g/mol. The van der Waals surface area contributed by atoms with Crippen LogP contribution in [0.4, 0.5) is 0 Å². The van der Waals surface area contributed by atoms with Crippen molar-refractivity contribution in [3.05, 3.63) is 143 Å². The molecule has 5 aromatic rings. The Hall–Kier alpha value is -4.94. The van der Waals surface area contributed by atoms with Crippen LogP contribution in [0, 0.1) is 6.92 Å². The second-order valence-corrected chi connectivity index (χ2v) is 10.8. The third kappa shape index (κ3) is 6.76. The lowest BCUT2D eigenvalue weighted by atomic mass is 10.0. The van der Waals surface area contributed by atoms with E-state index in [-0.39, 0.29) is 6.04 Å². The highest BCUT2D eigenvalue weighted by Gasteiger charge is 2.38. The van der Waals surface area contributed by atoms with Crippen molar-refractivity contribution in [1.82, 2.24) is 9.88 Å². The summed E-state index contributed by atoms with van der Waals surface area (Å²) in [5, 5.41) is 9.97. The molecule has 4 aromatic carbocycles. The number of allylic oxidation sites excluding steroid dienone is 1.